The maximum atomic E-state index is 5.89. The third-order valence-electron chi connectivity index (χ3n) is 2.77. The van der Waals surface area contributed by atoms with E-state index >= 15 is 0 Å². The molecule has 0 unspecified atom stereocenters. The minimum Gasteiger partial charge on any atom is -0.330 e. The molecular formula is C15H16ClN. The lowest BCUT2D eigenvalue weighted by atomic mass is 10.0. The van der Waals surface area contributed by atoms with Crippen LogP contribution in [0.25, 0.3) is 11.1 Å². The molecule has 0 aliphatic rings. The number of nitrogens with two attached hydrogens (primary N) is 1. The Balaban J connectivity index is 2.23. The van der Waals surface area contributed by atoms with Gasteiger partial charge in [0.15, 0.2) is 0 Å². The van der Waals surface area contributed by atoms with E-state index in [1.54, 1.807) is 0 Å². The Morgan fingerprint density at radius 3 is 2.41 bits per heavy atom. The van der Waals surface area contributed by atoms with Crippen LogP contribution in [-0.4, -0.2) is 6.54 Å². The molecular weight excluding hydrogens is 230 g/mol. The Morgan fingerprint density at radius 2 is 1.71 bits per heavy atom. The van der Waals surface area contributed by atoms with Crippen molar-refractivity contribution in [1.29, 1.82) is 0 Å². The molecule has 2 heteroatoms. The van der Waals surface area contributed by atoms with Gasteiger partial charge >= 0.3 is 0 Å². The van der Waals surface area contributed by atoms with Crippen molar-refractivity contribution in [3.05, 3.63) is 59.1 Å². The fourth-order valence-corrected chi connectivity index (χ4v) is 1.98. The summed E-state index contributed by atoms with van der Waals surface area (Å²) >= 11 is 5.89. The zero-order chi connectivity index (χ0) is 12.1. The summed E-state index contributed by atoms with van der Waals surface area (Å²) in [6, 6.07) is 16.5. The molecule has 0 atom stereocenters. The van der Waals surface area contributed by atoms with Gasteiger partial charge in [-0.05, 0) is 48.2 Å². The standard InChI is InChI=1S/C15H16ClN/c16-15-8-6-13(7-9-15)14-5-1-3-12(11-14)4-2-10-17/h1,3,5-9,11H,2,4,10,17H2. The summed E-state index contributed by atoms with van der Waals surface area (Å²) < 4.78 is 0. The summed E-state index contributed by atoms with van der Waals surface area (Å²) in [7, 11) is 0. The molecule has 0 bridgehead atoms. The van der Waals surface area contributed by atoms with Crippen molar-refractivity contribution in [3.8, 4) is 11.1 Å². The van der Waals surface area contributed by atoms with Crippen LogP contribution in [0.2, 0.25) is 5.02 Å². The van der Waals surface area contributed by atoms with Crippen LogP contribution >= 0.6 is 11.6 Å². The first kappa shape index (κ1) is 12.2. The van der Waals surface area contributed by atoms with Gasteiger partial charge in [-0.25, -0.2) is 0 Å². The minimum absolute atomic E-state index is 0.741. The molecule has 0 saturated heterocycles. The first-order valence-corrected chi connectivity index (χ1v) is 6.22. The van der Waals surface area contributed by atoms with Gasteiger partial charge in [0.05, 0.1) is 0 Å². The molecule has 2 rings (SSSR count). The van der Waals surface area contributed by atoms with Crippen molar-refractivity contribution in [3.63, 3.8) is 0 Å². The molecule has 0 aromatic heterocycles. The van der Waals surface area contributed by atoms with Gasteiger partial charge in [0, 0.05) is 5.02 Å². The number of benzene rings is 2. The number of rotatable bonds is 4. The van der Waals surface area contributed by atoms with Crippen LogP contribution in [0.3, 0.4) is 0 Å². The summed E-state index contributed by atoms with van der Waals surface area (Å²) in [6.07, 6.45) is 2.07. The molecule has 2 aromatic carbocycles. The van der Waals surface area contributed by atoms with E-state index in [2.05, 4.69) is 24.3 Å². The summed E-state index contributed by atoms with van der Waals surface area (Å²) in [5.74, 6) is 0. The highest BCUT2D eigenvalue weighted by Crippen LogP contribution is 2.22. The number of aryl methyl sites for hydroxylation is 1. The van der Waals surface area contributed by atoms with E-state index < -0.39 is 0 Å². The fraction of sp³-hybridized carbons (Fsp3) is 0.200. The molecule has 2 aromatic rings. The number of hydrogen-bond donors (Lipinski definition) is 1. The van der Waals surface area contributed by atoms with Crippen LogP contribution in [0, 0.1) is 0 Å². The Morgan fingerprint density at radius 1 is 0.941 bits per heavy atom. The van der Waals surface area contributed by atoms with E-state index in [4.69, 9.17) is 17.3 Å². The van der Waals surface area contributed by atoms with Crippen LogP contribution < -0.4 is 5.73 Å². The van der Waals surface area contributed by atoms with Crippen LogP contribution in [-0.2, 0) is 6.42 Å². The Labute approximate surface area is 107 Å². The average Bonchev–Trinajstić information content (AvgIpc) is 2.37. The third kappa shape index (κ3) is 3.32. The molecule has 0 saturated carbocycles. The van der Waals surface area contributed by atoms with E-state index in [-0.39, 0.29) is 0 Å². The average molecular weight is 246 g/mol. The zero-order valence-electron chi connectivity index (χ0n) is 9.70. The maximum absolute atomic E-state index is 5.89. The summed E-state index contributed by atoms with van der Waals surface area (Å²) in [4.78, 5) is 0. The molecule has 1 nitrogen and oxygen atoms in total. The van der Waals surface area contributed by atoms with Crippen LogP contribution in [0.4, 0.5) is 0 Å². The highest BCUT2D eigenvalue weighted by atomic mass is 35.5. The largest absolute Gasteiger partial charge is 0.330 e. The topological polar surface area (TPSA) is 26.0 Å². The molecule has 0 radical (unpaired) electrons. The van der Waals surface area contributed by atoms with Crippen molar-refractivity contribution in [2.24, 2.45) is 5.73 Å². The van der Waals surface area contributed by atoms with Gasteiger partial charge in [-0.3, -0.25) is 0 Å². The minimum atomic E-state index is 0.741. The second kappa shape index (κ2) is 5.85. The van der Waals surface area contributed by atoms with Crippen LogP contribution in [0.15, 0.2) is 48.5 Å². The lowest BCUT2D eigenvalue weighted by Gasteiger charge is -2.05. The number of halogens is 1. The van der Waals surface area contributed by atoms with Crippen molar-refractivity contribution >= 4 is 11.6 Å². The Bertz CT molecular complexity index is 477. The highest BCUT2D eigenvalue weighted by molar-refractivity contribution is 6.30. The molecule has 88 valence electrons. The van der Waals surface area contributed by atoms with E-state index in [1.165, 1.54) is 16.7 Å². The Hall–Kier alpha value is -1.31. The van der Waals surface area contributed by atoms with Crippen molar-refractivity contribution in [1.82, 2.24) is 0 Å². The second-order valence-electron chi connectivity index (χ2n) is 4.10. The molecule has 0 aliphatic carbocycles. The second-order valence-corrected chi connectivity index (χ2v) is 4.54. The lowest BCUT2D eigenvalue weighted by molar-refractivity contribution is 0.833. The SMILES string of the molecule is NCCCc1cccc(-c2ccc(Cl)cc2)c1. The fourth-order valence-electron chi connectivity index (χ4n) is 1.85. The van der Waals surface area contributed by atoms with Crippen LogP contribution in [0.1, 0.15) is 12.0 Å². The van der Waals surface area contributed by atoms with Crippen molar-refractivity contribution in [2.75, 3.05) is 6.54 Å². The predicted octanol–water partition coefficient (Wildman–Crippen LogP) is 3.90. The first-order chi connectivity index (χ1) is 8.29. The number of hydrogen-bond acceptors (Lipinski definition) is 1. The van der Waals surface area contributed by atoms with Gasteiger partial charge < -0.3 is 5.73 Å². The van der Waals surface area contributed by atoms with Gasteiger partial charge in [-0.15, -0.1) is 0 Å². The monoisotopic (exact) mass is 245 g/mol. The van der Waals surface area contributed by atoms with Crippen LogP contribution in [0.5, 0.6) is 0 Å². The van der Waals surface area contributed by atoms with Crippen molar-refractivity contribution < 1.29 is 0 Å². The molecule has 2 N–H and O–H groups in total. The van der Waals surface area contributed by atoms with Gasteiger partial charge in [0.1, 0.15) is 0 Å². The molecule has 0 aliphatic heterocycles. The molecule has 17 heavy (non-hydrogen) atoms. The van der Waals surface area contributed by atoms with Crippen molar-refractivity contribution in [2.45, 2.75) is 12.8 Å². The highest BCUT2D eigenvalue weighted by Gasteiger charge is 1.99. The summed E-state index contributed by atoms with van der Waals surface area (Å²) in [6.45, 7) is 0.741. The zero-order valence-corrected chi connectivity index (χ0v) is 10.5. The summed E-state index contributed by atoms with van der Waals surface area (Å²) in [5, 5.41) is 0.771. The lowest BCUT2D eigenvalue weighted by Crippen LogP contribution is -2.00. The Kier molecular flexibility index (Phi) is 4.18. The van der Waals surface area contributed by atoms with Gasteiger partial charge in [0.25, 0.3) is 0 Å². The first-order valence-electron chi connectivity index (χ1n) is 5.84. The predicted molar refractivity (Wildman–Crippen MR) is 74.3 cm³/mol. The van der Waals surface area contributed by atoms with E-state index in [9.17, 15) is 0 Å². The van der Waals surface area contributed by atoms with Gasteiger partial charge in [0.2, 0.25) is 0 Å². The smallest absolute Gasteiger partial charge is 0.0406 e. The molecule has 0 heterocycles. The third-order valence-corrected chi connectivity index (χ3v) is 3.03. The molecule has 0 spiro atoms. The molecule has 0 amide bonds. The van der Waals surface area contributed by atoms with E-state index in [0.717, 1.165) is 24.4 Å². The maximum Gasteiger partial charge on any atom is 0.0406 e. The summed E-state index contributed by atoms with van der Waals surface area (Å²) in [5.41, 5.74) is 9.29. The molecule has 0 fully saturated rings. The quantitative estimate of drug-likeness (QED) is 0.869. The van der Waals surface area contributed by atoms with Gasteiger partial charge in [-0.1, -0.05) is 48.0 Å². The van der Waals surface area contributed by atoms with Gasteiger partial charge in [-0.2, -0.15) is 0 Å². The normalized spacial score (nSPS) is 10.5. The van der Waals surface area contributed by atoms with E-state index in [0.29, 0.717) is 0 Å². The van der Waals surface area contributed by atoms with E-state index in [1.807, 2.05) is 24.3 Å².